The second-order valence-corrected chi connectivity index (χ2v) is 20.3. The fourth-order valence-electron chi connectivity index (χ4n) is 13.0. The summed E-state index contributed by atoms with van der Waals surface area (Å²) in [6, 6.07) is 59.4. The second kappa shape index (κ2) is 16.3. The van der Waals surface area contributed by atoms with Gasteiger partial charge in [0.15, 0.2) is 0 Å². The zero-order chi connectivity index (χ0) is 47.6. The molecule has 12 rings (SSSR count). The van der Waals surface area contributed by atoms with Crippen molar-refractivity contribution < 1.29 is 5.11 Å². The molecule has 2 unspecified atom stereocenters. The summed E-state index contributed by atoms with van der Waals surface area (Å²) in [6.45, 7) is 12.8. The normalized spacial score (nSPS) is 16.8. The number of fused-ring (bicyclic) bond motifs is 14. The van der Waals surface area contributed by atoms with Gasteiger partial charge in [-0.1, -0.05) is 175 Å². The Labute approximate surface area is 414 Å². The van der Waals surface area contributed by atoms with Gasteiger partial charge in [-0.2, -0.15) is 0 Å². The van der Waals surface area contributed by atoms with Gasteiger partial charge in [-0.3, -0.25) is 0 Å². The van der Waals surface area contributed by atoms with Crippen LogP contribution in [-0.4, -0.2) is 26.9 Å². The first-order valence-electron chi connectivity index (χ1n) is 24.3. The molecule has 1 spiro atoms. The first-order valence-corrected chi connectivity index (χ1v) is 24.8. The molecular weight excluding hydrogens is 850 g/mol. The molecule has 0 aliphatic heterocycles. The summed E-state index contributed by atoms with van der Waals surface area (Å²) >= 11 is 5.05. The molecule has 69 heavy (non-hydrogen) atoms. The van der Waals surface area contributed by atoms with E-state index in [0.717, 1.165) is 66.9 Å². The molecule has 3 aliphatic rings. The third kappa shape index (κ3) is 6.24. The second-order valence-electron chi connectivity index (χ2n) is 19.9. The van der Waals surface area contributed by atoms with E-state index in [9.17, 15) is 5.11 Å². The smallest absolute Gasteiger partial charge is 0.114 e. The standard InChI is InChI=1S/C65H52B2OS/c1-35-54(34-66)36(2)62(67)37(3)58(35)45-21-25-51-53(32-45)49-19-13-14-20-50(49)60-52-26-22-46(59-38(4)63(68)40(6)64(69)39(59)5)33-57(52)65(61(51)60)55-27-23-43(41-15-9-7-10-16-41)29-47(55)31-48-30-44(24-28-56(48)65)42-17-11-8-12-18-42/h7-30,32-33,40,63,68-69H,31,34H2,1-6H3. The zero-order valence-corrected chi connectivity index (χ0v) is 41.0. The number of benzene rings is 9. The summed E-state index contributed by atoms with van der Waals surface area (Å²) in [5.41, 5.74) is 26.2. The van der Waals surface area contributed by atoms with Crippen molar-refractivity contribution >= 4 is 60.9 Å². The van der Waals surface area contributed by atoms with E-state index in [-0.39, 0.29) is 5.92 Å². The third-order valence-corrected chi connectivity index (χ3v) is 17.2. The maximum absolute atomic E-state index is 11.7. The molecule has 0 saturated carbocycles. The van der Waals surface area contributed by atoms with Crippen molar-refractivity contribution in [2.75, 3.05) is 0 Å². The minimum absolute atomic E-state index is 0.0785. The number of allylic oxidation sites excluding steroid dienone is 2. The van der Waals surface area contributed by atoms with Gasteiger partial charge >= 0.3 is 0 Å². The van der Waals surface area contributed by atoms with Crippen LogP contribution in [0.2, 0.25) is 0 Å². The van der Waals surface area contributed by atoms with Crippen molar-refractivity contribution in [2.24, 2.45) is 5.92 Å². The quantitative estimate of drug-likeness (QED) is 0.100. The summed E-state index contributed by atoms with van der Waals surface area (Å²) in [6.07, 6.45) is 0.598. The van der Waals surface area contributed by atoms with Crippen LogP contribution in [-0.2, 0) is 18.2 Å². The first-order chi connectivity index (χ1) is 33.4. The highest BCUT2D eigenvalue weighted by atomic mass is 32.1. The predicted octanol–water partition coefficient (Wildman–Crippen LogP) is 14.6. The monoisotopic (exact) mass is 902 g/mol. The summed E-state index contributed by atoms with van der Waals surface area (Å²) in [7, 11) is 13.3. The minimum atomic E-state index is -0.721. The molecule has 0 aromatic heterocycles. The first kappa shape index (κ1) is 43.7. The zero-order valence-electron chi connectivity index (χ0n) is 40.1. The van der Waals surface area contributed by atoms with E-state index in [1.54, 1.807) is 0 Å². The van der Waals surface area contributed by atoms with E-state index >= 15 is 0 Å². The highest BCUT2D eigenvalue weighted by Gasteiger charge is 2.52. The average Bonchev–Trinajstić information content (AvgIpc) is 3.68. The molecule has 9 aromatic carbocycles. The van der Waals surface area contributed by atoms with Crippen molar-refractivity contribution in [2.45, 2.75) is 65.8 Å². The van der Waals surface area contributed by atoms with Crippen LogP contribution in [0.15, 0.2) is 174 Å². The van der Waals surface area contributed by atoms with Gasteiger partial charge in [0.1, 0.15) is 7.85 Å². The van der Waals surface area contributed by atoms with E-state index in [0.29, 0.717) is 6.32 Å². The molecule has 0 bridgehead atoms. The Kier molecular flexibility index (Phi) is 10.3. The number of hydrogen-bond acceptors (Lipinski definition) is 2. The van der Waals surface area contributed by atoms with Crippen LogP contribution in [0, 0.1) is 26.7 Å². The molecule has 1 nitrogen and oxygen atoms in total. The van der Waals surface area contributed by atoms with E-state index in [1.807, 2.05) is 0 Å². The number of hydrogen-bond donors (Lipinski definition) is 2. The van der Waals surface area contributed by atoms with Crippen LogP contribution in [0.3, 0.4) is 0 Å². The molecule has 0 saturated heterocycles. The van der Waals surface area contributed by atoms with Crippen LogP contribution >= 0.6 is 12.6 Å². The van der Waals surface area contributed by atoms with Gasteiger partial charge < -0.3 is 5.11 Å². The molecular formula is C65H52B2OS. The third-order valence-electron chi connectivity index (χ3n) is 16.5. The van der Waals surface area contributed by atoms with Gasteiger partial charge in [-0.15, -0.1) is 12.6 Å². The Morgan fingerprint density at radius 3 is 1.75 bits per heavy atom. The molecule has 9 aromatic rings. The number of thiol groups is 1. The summed E-state index contributed by atoms with van der Waals surface area (Å²) in [5, 5.41) is 16.6. The Morgan fingerprint density at radius 2 is 1.13 bits per heavy atom. The lowest BCUT2D eigenvalue weighted by molar-refractivity contribution is 0.170. The van der Waals surface area contributed by atoms with Gasteiger partial charge in [-0.05, 0) is 191 Å². The van der Waals surface area contributed by atoms with Crippen molar-refractivity contribution in [1.82, 2.24) is 0 Å². The van der Waals surface area contributed by atoms with E-state index in [1.165, 1.54) is 93.9 Å². The number of aliphatic hydroxyl groups excluding tert-OH is 1. The van der Waals surface area contributed by atoms with Crippen molar-refractivity contribution in [3.05, 3.63) is 235 Å². The fourth-order valence-corrected chi connectivity index (χ4v) is 13.3. The van der Waals surface area contributed by atoms with Crippen LogP contribution in [0.4, 0.5) is 0 Å². The van der Waals surface area contributed by atoms with Crippen LogP contribution in [0.25, 0.3) is 71.6 Å². The van der Waals surface area contributed by atoms with Crippen LogP contribution < -0.4 is 5.46 Å². The molecule has 0 heterocycles. The average molecular weight is 903 g/mol. The molecule has 2 atom stereocenters. The number of rotatable bonds is 5. The van der Waals surface area contributed by atoms with E-state index in [4.69, 9.17) is 28.3 Å². The van der Waals surface area contributed by atoms with Gasteiger partial charge in [0, 0.05) is 5.92 Å². The Morgan fingerprint density at radius 1 is 0.551 bits per heavy atom. The Hall–Kier alpha value is -6.58. The van der Waals surface area contributed by atoms with Gasteiger partial charge in [0.25, 0.3) is 0 Å². The molecule has 330 valence electrons. The minimum Gasteiger partial charge on any atom is -0.388 e. The van der Waals surface area contributed by atoms with Crippen LogP contribution in [0.1, 0.15) is 82.0 Å². The number of aliphatic hydroxyl groups is 1. The SMILES string of the molecule is [B]Cc1c(C)c([B])c(C)c(-c2ccc3c4c(c5ccccc5c3c2)-c2ccc(C3=C(C)C(O)C(C)C(S)=C3C)cc2C42c3ccc(-c4ccccc4)cc3Cc3cc(-c4ccccc4)ccc32)c1C. The van der Waals surface area contributed by atoms with E-state index < -0.39 is 11.5 Å². The Bertz CT molecular complexity index is 3640. The molecule has 4 heteroatoms. The lowest BCUT2D eigenvalue weighted by Gasteiger charge is -2.41. The maximum atomic E-state index is 11.7. The highest BCUT2D eigenvalue weighted by molar-refractivity contribution is 7.84. The predicted molar refractivity (Wildman–Crippen MR) is 296 cm³/mol. The summed E-state index contributed by atoms with van der Waals surface area (Å²) in [4.78, 5) is 0.934. The molecule has 0 amide bonds. The summed E-state index contributed by atoms with van der Waals surface area (Å²) in [5.74, 6) is -0.0785. The lowest BCUT2D eigenvalue weighted by Crippen LogP contribution is -2.34. The fraction of sp³-hybridized carbons (Fsp3) is 0.169. The van der Waals surface area contributed by atoms with Gasteiger partial charge in [-0.25, -0.2) is 0 Å². The molecule has 1 N–H and O–H groups in total. The van der Waals surface area contributed by atoms with Crippen molar-refractivity contribution in [3.63, 3.8) is 0 Å². The highest BCUT2D eigenvalue weighted by Crippen LogP contribution is 2.64. The van der Waals surface area contributed by atoms with Crippen molar-refractivity contribution in [1.29, 1.82) is 0 Å². The Balaban J connectivity index is 1.25. The van der Waals surface area contributed by atoms with Crippen molar-refractivity contribution in [3.8, 4) is 44.5 Å². The lowest BCUT2D eigenvalue weighted by atomic mass is 9.60. The van der Waals surface area contributed by atoms with Crippen LogP contribution in [0.5, 0.6) is 0 Å². The maximum Gasteiger partial charge on any atom is 0.114 e. The van der Waals surface area contributed by atoms with Gasteiger partial charge in [0.2, 0.25) is 0 Å². The largest absolute Gasteiger partial charge is 0.388 e. The topological polar surface area (TPSA) is 20.2 Å². The molecule has 3 aliphatic carbocycles. The molecule has 4 radical (unpaired) electrons. The summed E-state index contributed by atoms with van der Waals surface area (Å²) < 4.78 is 0. The molecule has 0 fully saturated rings. The van der Waals surface area contributed by atoms with E-state index in [2.05, 4.69) is 199 Å². The van der Waals surface area contributed by atoms with Gasteiger partial charge in [0.05, 0.1) is 19.4 Å².